The van der Waals surface area contributed by atoms with Gasteiger partial charge < -0.3 is 15.2 Å². The number of piperidine rings is 1. The van der Waals surface area contributed by atoms with Gasteiger partial charge in [0, 0.05) is 23.4 Å². The zero-order valence-corrected chi connectivity index (χ0v) is 16.3. The second kappa shape index (κ2) is 8.83. The summed E-state index contributed by atoms with van der Waals surface area (Å²) in [6.07, 6.45) is -4.18. The Labute approximate surface area is 175 Å². The van der Waals surface area contributed by atoms with Crippen molar-refractivity contribution in [2.45, 2.75) is 31.7 Å². The van der Waals surface area contributed by atoms with Crippen LogP contribution in [0.5, 0.6) is 5.75 Å². The van der Waals surface area contributed by atoms with Crippen LogP contribution in [0.15, 0.2) is 42.5 Å². The van der Waals surface area contributed by atoms with E-state index in [4.69, 9.17) is 11.6 Å². The van der Waals surface area contributed by atoms with Crippen molar-refractivity contribution in [3.63, 3.8) is 0 Å². The lowest BCUT2D eigenvalue weighted by molar-refractivity contribution is -0.274. The highest BCUT2D eigenvalue weighted by molar-refractivity contribution is 6.33. The van der Waals surface area contributed by atoms with E-state index in [1.807, 2.05) is 0 Å². The predicted molar refractivity (Wildman–Crippen MR) is 105 cm³/mol. The molecule has 0 bridgehead atoms. The molecular weight excluding hydrogens is 425 g/mol. The molecular formula is C20H18ClF3N2O4. The number of anilines is 1. The van der Waals surface area contributed by atoms with Crippen molar-refractivity contribution < 1.29 is 32.6 Å². The molecule has 0 unspecified atom stereocenters. The number of nitrogens with zero attached hydrogens (tertiary/aromatic N) is 1. The third-order valence-corrected chi connectivity index (χ3v) is 5.00. The van der Waals surface area contributed by atoms with E-state index in [2.05, 4.69) is 10.1 Å². The minimum absolute atomic E-state index is 0.102. The van der Waals surface area contributed by atoms with Gasteiger partial charge in [-0.3, -0.25) is 9.69 Å². The zero-order valence-electron chi connectivity index (χ0n) is 15.6. The number of carbonyl (C=O) groups is 2. The molecule has 2 aromatic carbocycles. The van der Waals surface area contributed by atoms with E-state index in [-0.39, 0.29) is 17.1 Å². The number of halogens is 4. The minimum atomic E-state index is -4.85. The highest BCUT2D eigenvalue weighted by Gasteiger charge is 2.33. The third kappa shape index (κ3) is 5.15. The predicted octanol–water partition coefficient (Wildman–Crippen LogP) is 5.38. The fraction of sp³-hybridized carbons (Fsp3) is 0.300. The van der Waals surface area contributed by atoms with E-state index < -0.39 is 30.2 Å². The molecule has 0 aliphatic carbocycles. The summed E-state index contributed by atoms with van der Waals surface area (Å²) in [6.45, 7) is 0.281. The van der Waals surface area contributed by atoms with Crippen LogP contribution in [-0.2, 0) is 4.79 Å². The summed E-state index contributed by atoms with van der Waals surface area (Å²) < 4.78 is 42.0. The molecule has 0 aromatic heterocycles. The number of carboxylic acid groups (broad SMARTS) is 1. The Morgan fingerprint density at radius 2 is 1.87 bits per heavy atom. The smallest absolute Gasteiger partial charge is 0.465 e. The molecule has 1 fully saturated rings. The Morgan fingerprint density at radius 1 is 1.13 bits per heavy atom. The molecule has 10 heteroatoms. The largest absolute Gasteiger partial charge is 0.573 e. The van der Waals surface area contributed by atoms with Crippen LogP contribution < -0.4 is 10.1 Å². The van der Waals surface area contributed by atoms with Gasteiger partial charge in [0.2, 0.25) is 5.91 Å². The number of carbonyl (C=O) groups excluding carboxylic acids is 1. The molecule has 1 aliphatic heterocycles. The van der Waals surface area contributed by atoms with Gasteiger partial charge in [-0.25, -0.2) is 4.79 Å². The van der Waals surface area contributed by atoms with Gasteiger partial charge in [0.1, 0.15) is 11.8 Å². The van der Waals surface area contributed by atoms with Crippen molar-refractivity contribution in [3.05, 3.63) is 47.5 Å². The summed E-state index contributed by atoms with van der Waals surface area (Å²) in [5.41, 5.74) is 0.736. The lowest BCUT2D eigenvalue weighted by atomic mass is 10.0. The molecule has 30 heavy (non-hydrogen) atoms. The zero-order chi connectivity index (χ0) is 21.9. The Hall–Kier alpha value is -2.94. The van der Waals surface area contributed by atoms with E-state index in [1.54, 1.807) is 6.07 Å². The Kier molecular flexibility index (Phi) is 6.40. The lowest BCUT2D eigenvalue weighted by Crippen LogP contribution is -2.49. The minimum Gasteiger partial charge on any atom is -0.465 e. The number of amides is 2. The Balaban J connectivity index is 1.81. The summed E-state index contributed by atoms with van der Waals surface area (Å²) in [5.74, 6) is -0.885. The molecule has 1 aliphatic rings. The summed E-state index contributed by atoms with van der Waals surface area (Å²) >= 11 is 6.26. The summed E-state index contributed by atoms with van der Waals surface area (Å²) in [7, 11) is 0. The Bertz CT molecular complexity index is 952. The van der Waals surface area contributed by atoms with Gasteiger partial charge in [-0.1, -0.05) is 35.9 Å². The molecule has 1 atom stereocenters. The van der Waals surface area contributed by atoms with Gasteiger partial charge in [0.25, 0.3) is 0 Å². The number of alkyl halides is 3. The molecule has 6 nitrogen and oxygen atoms in total. The molecule has 1 saturated heterocycles. The standard InChI is InChI=1S/C20H18ClF3N2O4/c21-15-11-12(25-18(27)16-6-3-4-10-26(16)19(28)29)8-9-13(15)14-5-1-2-7-17(14)30-20(22,23)24/h1-2,5,7-9,11,16H,3-4,6,10H2,(H,25,27)(H,28,29)/t16-/m1/s1. The molecule has 0 radical (unpaired) electrons. The fourth-order valence-electron chi connectivity index (χ4n) is 3.37. The monoisotopic (exact) mass is 442 g/mol. The van der Waals surface area contributed by atoms with E-state index in [0.717, 1.165) is 11.3 Å². The quantitative estimate of drug-likeness (QED) is 0.666. The normalized spacial score (nSPS) is 16.8. The van der Waals surface area contributed by atoms with Gasteiger partial charge >= 0.3 is 12.5 Å². The summed E-state index contributed by atoms with van der Waals surface area (Å²) in [4.78, 5) is 25.0. The molecule has 3 rings (SSSR count). The SMILES string of the molecule is O=C(Nc1ccc(-c2ccccc2OC(F)(F)F)c(Cl)c1)[C@H]1CCCCN1C(=O)O. The second-order valence-electron chi connectivity index (χ2n) is 6.72. The number of rotatable bonds is 4. The van der Waals surface area contributed by atoms with Crippen LogP contribution in [-0.4, -0.2) is 41.0 Å². The fourth-order valence-corrected chi connectivity index (χ4v) is 3.66. The first kappa shape index (κ1) is 21.8. The van der Waals surface area contributed by atoms with Gasteiger partial charge in [-0.2, -0.15) is 0 Å². The maximum atomic E-state index is 12.7. The average Bonchev–Trinajstić information content (AvgIpc) is 2.67. The molecule has 0 spiro atoms. The van der Waals surface area contributed by atoms with Crippen molar-refractivity contribution in [1.29, 1.82) is 0 Å². The van der Waals surface area contributed by atoms with Gasteiger partial charge in [-0.15, -0.1) is 13.2 Å². The van der Waals surface area contributed by atoms with Crippen molar-refractivity contribution in [1.82, 2.24) is 4.90 Å². The van der Waals surface area contributed by atoms with E-state index in [0.29, 0.717) is 24.1 Å². The molecule has 2 N–H and O–H groups in total. The molecule has 2 aromatic rings. The number of nitrogens with one attached hydrogen (secondary N) is 1. The number of hydrogen-bond donors (Lipinski definition) is 2. The third-order valence-electron chi connectivity index (χ3n) is 4.69. The summed E-state index contributed by atoms with van der Waals surface area (Å²) in [6, 6.07) is 9.11. The van der Waals surface area contributed by atoms with Crippen LogP contribution in [0, 0.1) is 0 Å². The van der Waals surface area contributed by atoms with Crippen LogP contribution in [0.4, 0.5) is 23.7 Å². The van der Waals surface area contributed by atoms with Crippen molar-refractivity contribution in [2.75, 3.05) is 11.9 Å². The number of para-hydroxylation sites is 1. The highest BCUT2D eigenvalue weighted by atomic mass is 35.5. The van der Waals surface area contributed by atoms with Gasteiger partial charge in [0.05, 0.1) is 5.02 Å². The maximum absolute atomic E-state index is 12.7. The Morgan fingerprint density at radius 3 is 2.53 bits per heavy atom. The first-order chi connectivity index (χ1) is 14.2. The van der Waals surface area contributed by atoms with E-state index in [9.17, 15) is 27.9 Å². The molecule has 0 saturated carbocycles. The van der Waals surface area contributed by atoms with Crippen LogP contribution in [0.3, 0.4) is 0 Å². The van der Waals surface area contributed by atoms with Crippen LogP contribution in [0.2, 0.25) is 5.02 Å². The average molecular weight is 443 g/mol. The van der Waals surface area contributed by atoms with Crippen molar-refractivity contribution >= 4 is 29.3 Å². The van der Waals surface area contributed by atoms with Crippen molar-refractivity contribution in [3.8, 4) is 16.9 Å². The maximum Gasteiger partial charge on any atom is 0.573 e. The highest BCUT2D eigenvalue weighted by Crippen LogP contribution is 2.38. The topological polar surface area (TPSA) is 78.9 Å². The van der Waals surface area contributed by atoms with Crippen LogP contribution in [0.25, 0.3) is 11.1 Å². The van der Waals surface area contributed by atoms with Crippen molar-refractivity contribution in [2.24, 2.45) is 0 Å². The summed E-state index contributed by atoms with van der Waals surface area (Å²) in [5, 5.41) is 12.0. The molecule has 1 heterocycles. The number of likely N-dealkylation sites (tertiary alicyclic amines) is 1. The number of hydrogen-bond acceptors (Lipinski definition) is 3. The van der Waals surface area contributed by atoms with E-state index >= 15 is 0 Å². The number of benzene rings is 2. The second-order valence-corrected chi connectivity index (χ2v) is 7.12. The van der Waals surface area contributed by atoms with E-state index in [1.165, 1.54) is 36.4 Å². The van der Waals surface area contributed by atoms with Gasteiger partial charge in [-0.05, 0) is 37.5 Å². The molecule has 160 valence electrons. The van der Waals surface area contributed by atoms with Crippen LogP contribution >= 0.6 is 11.6 Å². The lowest BCUT2D eigenvalue weighted by Gasteiger charge is -2.32. The first-order valence-electron chi connectivity index (χ1n) is 9.11. The first-order valence-corrected chi connectivity index (χ1v) is 9.48. The number of ether oxygens (including phenoxy) is 1. The van der Waals surface area contributed by atoms with Gasteiger partial charge in [0.15, 0.2) is 0 Å². The molecule has 2 amide bonds. The van der Waals surface area contributed by atoms with Crippen LogP contribution in [0.1, 0.15) is 19.3 Å².